The lowest BCUT2D eigenvalue weighted by molar-refractivity contribution is 0.686. The Labute approximate surface area is 127 Å². The lowest BCUT2D eigenvalue weighted by Crippen LogP contribution is -2.04. The van der Waals surface area contributed by atoms with Crippen molar-refractivity contribution < 1.29 is 0 Å². The molecule has 0 N–H and O–H groups in total. The molecular weight excluding hydrogens is 264 g/mol. The molecule has 0 aliphatic carbocycles. The highest BCUT2D eigenvalue weighted by Gasteiger charge is 2.07. The van der Waals surface area contributed by atoms with Crippen molar-refractivity contribution in [2.45, 2.75) is 44.9 Å². The van der Waals surface area contributed by atoms with Gasteiger partial charge in [-0.05, 0) is 61.8 Å². The largest absolute Gasteiger partial charge is 0.123 e. The van der Waals surface area contributed by atoms with Crippen LogP contribution in [0.4, 0.5) is 0 Å². The lowest BCUT2D eigenvalue weighted by Gasteiger charge is -2.11. The normalized spacial score (nSPS) is 12.3. The van der Waals surface area contributed by atoms with Crippen LogP contribution >= 0.6 is 11.6 Å². The fourth-order valence-electron chi connectivity index (χ4n) is 2.46. The molecule has 0 aliphatic heterocycles. The van der Waals surface area contributed by atoms with Crippen molar-refractivity contribution in [1.29, 1.82) is 0 Å². The van der Waals surface area contributed by atoms with E-state index in [1.165, 1.54) is 22.3 Å². The summed E-state index contributed by atoms with van der Waals surface area (Å²) in [5, 5.41) is 0.237. The Morgan fingerprint density at radius 3 is 2.35 bits per heavy atom. The summed E-state index contributed by atoms with van der Waals surface area (Å²) in [6.45, 7) is 4.31. The van der Waals surface area contributed by atoms with Crippen molar-refractivity contribution >= 4 is 11.6 Å². The Hall–Kier alpha value is -1.27. The van der Waals surface area contributed by atoms with Crippen LogP contribution in [0.25, 0.3) is 0 Å². The maximum absolute atomic E-state index is 6.47. The molecule has 2 aromatic rings. The Bertz CT molecular complexity index is 531. The van der Waals surface area contributed by atoms with E-state index in [4.69, 9.17) is 11.6 Å². The van der Waals surface area contributed by atoms with Crippen LogP contribution in [0.2, 0.25) is 0 Å². The highest BCUT2D eigenvalue weighted by molar-refractivity contribution is 6.20. The van der Waals surface area contributed by atoms with E-state index in [1.54, 1.807) is 0 Å². The van der Waals surface area contributed by atoms with Gasteiger partial charge in [0.1, 0.15) is 0 Å². The zero-order valence-electron chi connectivity index (χ0n) is 12.4. The standard InChI is InChI=1S/C19H23Cl/c1-15-11-12-18(13-16(15)2)14-19(20)10-6-9-17-7-4-3-5-8-17/h3-5,7-8,11-13,19H,6,9-10,14H2,1-2H3. The quantitative estimate of drug-likeness (QED) is 0.617. The fourth-order valence-corrected chi connectivity index (χ4v) is 2.79. The van der Waals surface area contributed by atoms with Gasteiger partial charge < -0.3 is 0 Å². The van der Waals surface area contributed by atoms with Crippen LogP contribution in [0.1, 0.15) is 35.1 Å². The third kappa shape index (κ3) is 4.68. The highest BCUT2D eigenvalue weighted by Crippen LogP contribution is 2.17. The molecule has 1 heteroatoms. The van der Waals surface area contributed by atoms with Crippen LogP contribution < -0.4 is 0 Å². The van der Waals surface area contributed by atoms with Crippen LogP contribution in [0.5, 0.6) is 0 Å². The highest BCUT2D eigenvalue weighted by atomic mass is 35.5. The average molecular weight is 287 g/mol. The predicted molar refractivity (Wildman–Crippen MR) is 88.6 cm³/mol. The van der Waals surface area contributed by atoms with E-state index in [0.29, 0.717) is 0 Å². The summed E-state index contributed by atoms with van der Waals surface area (Å²) in [6.07, 6.45) is 4.32. The van der Waals surface area contributed by atoms with Gasteiger partial charge in [-0.25, -0.2) is 0 Å². The van der Waals surface area contributed by atoms with Gasteiger partial charge in [0.05, 0.1) is 0 Å². The van der Waals surface area contributed by atoms with Gasteiger partial charge in [0, 0.05) is 5.38 Å². The van der Waals surface area contributed by atoms with Gasteiger partial charge in [-0.3, -0.25) is 0 Å². The molecule has 106 valence electrons. The van der Waals surface area contributed by atoms with Gasteiger partial charge >= 0.3 is 0 Å². The van der Waals surface area contributed by atoms with E-state index in [9.17, 15) is 0 Å². The SMILES string of the molecule is Cc1ccc(CC(Cl)CCCc2ccccc2)cc1C. The van der Waals surface area contributed by atoms with Crippen molar-refractivity contribution in [1.82, 2.24) is 0 Å². The molecule has 0 radical (unpaired) electrons. The number of hydrogen-bond acceptors (Lipinski definition) is 0. The predicted octanol–water partition coefficient (Wildman–Crippen LogP) is 5.48. The average Bonchev–Trinajstić information content (AvgIpc) is 2.44. The molecule has 2 aromatic carbocycles. The molecule has 0 fully saturated rings. The maximum atomic E-state index is 6.47. The number of aryl methyl sites for hydroxylation is 3. The van der Waals surface area contributed by atoms with Crippen molar-refractivity contribution in [2.75, 3.05) is 0 Å². The topological polar surface area (TPSA) is 0 Å². The number of halogens is 1. The van der Waals surface area contributed by atoms with Crippen LogP contribution in [0, 0.1) is 13.8 Å². The molecule has 0 nitrogen and oxygen atoms in total. The summed E-state index contributed by atoms with van der Waals surface area (Å²) >= 11 is 6.47. The van der Waals surface area contributed by atoms with E-state index in [0.717, 1.165) is 25.7 Å². The van der Waals surface area contributed by atoms with E-state index in [2.05, 4.69) is 62.4 Å². The first kappa shape index (κ1) is 15.1. The van der Waals surface area contributed by atoms with Crippen LogP contribution in [0.15, 0.2) is 48.5 Å². The van der Waals surface area contributed by atoms with Crippen LogP contribution in [-0.4, -0.2) is 5.38 Å². The minimum Gasteiger partial charge on any atom is -0.123 e. The molecule has 1 unspecified atom stereocenters. The van der Waals surface area contributed by atoms with Gasteiger partial charge in [0.2, 0.25) is 0 Å². The van der Waals surface area contributed by atoms with Crippen LogP contribution in [-0.2, 0) is 12.8 Å². The minimum absolute atomic E-state index is 0.237. The van der Waals surface area contributed by atoms with Crippen molar-refractivity contribution in [3.8, 4) is 0 Å². The molecular formula is C19H23Cl. The monoisotopic (exact) mass is 286 g/mol. The fraction of sp³-hybridized carbons (Fsp3) is 0.368. The number of hydrogen-bond donors (Lipinski definition) is 0. The van der Waals surface area contributed by atoms with Crippen molar-refractivity contribution in [3.63, 3.8) is 0 Å². The number of rotatable bonds is 6. The third-order valence-corrected chi connectivity index (χ3v) is 4.23. The number of benzene rings is 2. The molecule has 0 aliphatic rings. The second kappa shape index (κ2) is 7.50. The van der Waals surface area contributed by atoms with Crippen LogP contribution in [0.3, 0.4) is 0 Å². The first-order valence-corrected chi connectivity index (χ1v) is 7.83. The third-order valence-electron chi connectivity index (χ3n) is 3.85. The smallest absolute Gasteiger partial charge is 0.0376 e. The van der Waals surface area contributed by atoms with Crippen molar-refractivity contribution in [2.24, 2.45) is 0 Å². The second-order valence-corrected chi connectivity index (χ2v) is 6.22. The Morgan fingerprint density at radius 2 is 1.65 bits per heavy atom. The molecule has 0 spiro atoms. The molecule has 0 heterocycles. The van der Waals surface area contributed by atoms with E-state index in [1.807, 2.05) is 0 Å². The Balaban J connectivity index is 1.77. The molecule has 20 heavy (non-hydrogen) atoms. The Kier molecular flexibility index (Phi) is 5.67. The molecule has 0 bridgehead atoms. The zero-order chi connectivity index (χ0) is 14.4. The van der Waals surface area contributed by atoms with Gasteiger partial charge in [0.15, 0.2) is 0 Å². The van der Waals surface area contributed by atoms with Crippen molar-refractivity contribution in [3.05, 3.63) is 70.8 Å². The van der Waals surface area contributed by atoms with Gasteiger partial charge in [0.25, 0.3) is 0 Å². The lowest BCUT2D eigenvalue weighted by atomic mass is 10.0. The molecule has 0 amide bonds. The summed E-state index contributed by atoms with van der Waals surface area (Å²) in [7, 11) is 0. The maximum Gasteiger partial charge on any atom is 0.0376 e. The van der Waals surface area contributed by atoms with Gasteiger partial charge in [-0.1, -0.05) is 48.5 Å². The second-order valence-electron chi connectivity index (χ2n) is 5.60. The summed E-state index contributed by atoms with van der Waals surface area (Å²) in [6, 6.07) is 17.3. The summed E-state index contributed by atoms with van der Waals surface area (Å²) < 4.78 is 0. The summed E-state index contributed by atoms with van der Waals surface area (Å²) in [5.41, 5.74) is 5.47. The summed E-state index contributed by atoms with van der Waals surface area (Å²) in [5.74, 6) is 0. The van der Waals surface area contributed by atoms with Gasteiger partial charge in [-0.15, -0.1) is 11.6 Å². The zero-order valence-corrected chi connectivity index (χ0v) is 13.2. The molecule has 0 saturated carbocycles. The number of alkyl halides is 1. The molecule has 0 aromatic heterocycles. The molecule has 0 saturated heterocycles. The van der Waals surface area contributed by atoms with E-state index in [-0.39, 0.29) is 5.38 Å². The summed E-state index contributed by atoms with van der Waals surface area (Å²) in [4.78, 5) is 0. The minimum atomic E-state index is 0.237. The van der Waals surface area contributed by atoms with E-state index >= 15 is 0 Å². The van der Waals surface area contributed by atoms with Gasteiger partial charge in [-0.2, -0.15) is 0 Å². The first-order valence-electron chi connectivity index (χ1n) is 7.39. The Morgan fingerprint density at radius 1 is 0.900 bits per heavy atom. The van der Waals surface area contributed by atoms with E-state index < -0.39 is 0 Å². The molecule has 1 atom stereocenters. The molecule has 2 rings (SSSR count). The first-order chi connectivity index (χ1) is 9.65.